The summed E-state index contributed by atoms with van der Waals surface area (Å²) in [5, 5.41) is 6.70. The molecule has 1 amide bonds. The van der Waals surface area contributed by atoms with E-state index < -0.39 is 5.91 Å². The van der Waals surface area contributed by atoms with Gasteiger partial charge in [-0.25, -0.2) is 5.84 Å². The maximum absolute atomic E-state index is 11.3. The molecule has 1 heterocycles. The Morgan fingerprint density at radius 1 is 1.42 bits per heavy atom. The molecule has 0 saturated heterocycles. The number of carbonyl (C=O) groups is 1. The fourth-order valence-corrected chi connectivity index (χ4v) is 1.61. The highest BCUT2D eigenvalue weighted by molar-refractivity contribution is 5.92. The SMILES string of the molecule is CCCOc1ccc(-c2cc(C(=O)NN)[nH]n2)cc1. The van der Waals surface area contributed by atoms with Gasteiger partial charge in [-0.3, -0.25) is 15.3 Å². The smallest absolute Gasteiger partial charge is 0.283 e. The molecule has 0 saturated carbocycles. The monoisotopic (exact) mass is 260 g/mol. The summed E-state index contributed by atoms with van der Waals surface area (Å²) in [5.41, 5.74) is 3.95. The molecule has 0 bridgehead atoms. The average Bonchev–Trinajstić information content (AvgIpc) is 2.94. The zero-order chi connectivity index (χ0) is 13.7. The first-order valence-corrected chi connectivity index (χ1v) is 6.04. The van der Waals surface area contributed by atoms with Crippen molar-refractivity contribution in [2.45, 2.75) is 13.3 Å². The van der Waals surface area contributed by atoms with E-state index in [1.54, 1.807) is 6.07 Å². The van der Waals surface area contributed by atoms with Gasteiger partial charge in [-0.1, -0.05) is 6.92 Å². The lowest BCUT2D eigenvalue weighted by Gasteiger charge is -2.04. The summed E-state index contributed by atoms with van der Waals surface area (Å²) in [4.78, 5) is 11.3. The van der Waals surface area contributed by atoms with Crippen molar-refractivity contribution in [3.63, 3.8) is 0 Å². The number of hydrogen-bond donors (Lipinski definition) is 3. The summed E-state index contributed by atoms with van der Waals surface area (Å²) in [6.07, 6.45) is 0.971. The van der Waals surface area contributed by atoms with Crippen LogP contribution in [0.15, 0.2) is 30.3 Å². The number of carbonyl (C=O) groups excluding carboxylic acids is 1. The van der Waals surface area contributed by atoms with E-state index in [4.69, 9.17) is 10.6 Å². The highest BCUT2D eigenvalue weighted by Gasteiger charge is 2.09. The van der Waals surface area contributed by atoms with E-state index in [9.17, 15) is 4.79 Å². The number of nitrogens with zero attached hydrogens (tertiary/aromatic N) is 1. The van der Waals surface area contributed by atoms with E-state index in [-0.39, 0.29) is 0 Å². The van der Waals surface area contributed by atoms with Gasteiger partial charge in [-0.2, -0.15) is 5.10 Å². The predicted octanol–water partition coefficient (Wildman–Crippen LogP) is 1.47. The third-order valence-electron chi connectivity index (χ3n) is 2.58. The Morgan fingerprint density at radius 2 is 2.16 bits per heavy atom. The van der Waals surface area contributed by atoms with Crippen molar-refractivity contribution in [1.82, 2.24) is 15.6 Å². The quantitative estimate of drug-likeness (QED) is 0.431. The Morgan fingerprint density at radius 3 is 2.79 bits per heavy atom. The molecule has 6 heteroatoms. The zero-order valence-electron chi connectivity index (χ0n) is 10.6. The van der Waals surface area contributed by atoms with Crippen molar-refractivity contribution < 1.29 is 9.53 Å². The van der Waals surface area contributed by atoms with Crippen LogP contribution in [0.1, 0.15) is 23.8 Å². The predicted molar refractivity (Wildman–Crippen MR) is 71.5 cm³/mol. The molecular weight excluding hydrogens is 244 g/mol. The number of rotatable bonds is 5. The van der Waals surface area contributed by atoms with Crippen molar-refractivity contribution in [3.05, 3.63) is 36.0 Å². The lowest BCUT2D eigenvalue weighted by atomic mass is 10.1. The number of nitrogens with one attached hydrogen (secondary N) is 2. The Bertz CT molecular complexity index is 548. The number of hydrazine groups is 1. The van der Waals surface area contributed by atoms with Crippen LogP contribution in [0.25, 0.3) is 11.3 Å². The fraction of sp³-hybridized carbons (Fsp3) is 0.231. The van der Waals surface area contributed by atoms with E-state index >= 15 is 0 Å². The molecule has 4 N–H and O–H groups in total. The van der Waals surface area contributed by atoms with Crippen molar-refractivity contribution >= 4 is 5.91 Å². The van der Waals surface area contributed by atoms with Crippen LogP contribution < -0.4 is 16.0 Å². The van der Waals surface area contributed by atoms with Gasteiger partial charge in [-0.05, 0) is 36.8 Å². The summed E-state index contributed by atoms with van der Waals surface area (Å²) in [7, 11) is 0. The highest BCUT2D eigenvalue weighted by atomic mass is 16.5. The standard InChI is InChI=1S/C13H16N4O2/c1-2-7-19-10-5-3-9(4-6-10)11-8-12(17-16-11)13(18)15-14/h3-6,8H,2,7,14H2,1H3,(H,15,18)(H,16,17). The van der Waals surface area contributed by atoms with Gasteiger partial charge in [-0.15, -0.1) is 0 Å². The molecule has 19 heavy (non-hydrogen) atoms. The number of nitrogens with two attached hydrogens (primary N) is 1. The number of aromatic amines is 1. The third kappa shape index (κ3) is 3.11. The van der Waals surface area contributed by atoms with Crippen molar-refractivity contribution in [2.75, 3.05) is 6.61 Å². The summed E-state index contributed by atoms with van der Waals surface area (Å²) >= 11 is 0. The van der Waals surface area contributed by atoms with Crippen LogP contribution in [0.4, 0.5) is 0 Å². The van der Waals surface area contributed by atoms with Gasteiger partial charge < -0.3 is 4.74 Å². The fourth-order valence-electron chi connectivity index (χ4n) is 1.61. The van der Waals surface area contributed by atoms with E-state index in [0.29, 0.717) is 18.0 Å². The van der Waals surface area contributed by atoms with Gasteiger partial charge in [0.05, 0.1) is 12.3 Å². The molecule has 0 aliphatic rings. The van der Waals surface area contributed by atoms with E-state index in [2.05, 4.69) is 17.1 Å². The first-order valence-electron chi connectivity index (χ1n) is 6.04. The minimum atomic E-state index is -0.401. The molecule has 0 fully saturated rings. The molecule has 0 aliphatic carbocycles. The van der Waals surface area contributed by atoms with Crippen LogP contribution in [0.2, 0.25) is 0 Å². The molecule has 0 unspecified atom stereocenters. The number of ether oxygens (including phenoxy) is 1. The second-order valence-electron chi connectivity index (χ2n) is 4.01. The number of nitrogen functional groups attached to an aromatic ring is 1. The maximum atomic E-state index is 11.3. The van der Waals surface area contributed by atoms with E-state index in [1.807, 2.05) is 29.7 Å². The largest absolute Gasteiger partial charge is 0.494 e. The van der Waals surface area contributed by atoms with Crippen LogP contribution in [-0.2, 0) is 0 Å². The Labute approximate surface area is 110 Å². The van der Waals surface area contributed by atoms with Gasteiger partial charge in [0, 0.05) is 5.56 Å². The molecule has 0 aliphatic heterocycles. The second kappa shape index (κ2) is 6.01. The van der Waals surface area contributed by atoms with Gasteiger partial charge in [0.2, 0.25) is 0 Å². The van der Waals surface area contributed by atoms with Crippen LogP contribution >= 0.6 is 0 Å². The van der Waals surface area contributed by atoms with E-state index in [0.717, 1.165) is 17.7 Å². The molecule has 100 valence electrons. The van der Waals surface area contributed by atoms with Crippen LogP contribution in [-0.4, -0.2) is 22.7 Å². The number of amides is 1. The third-order valence-corrected chi connectivity index (χ3v) is 2.58. The Balaban J connectivity index is 2.13. The average molecular weight is 260 g/mol. The van der Waals surface area contributed by atoms with Crippen molar-refractivity contribution in [1.29, 1.82) is 0 Å². The van der Waals surface area contributed by atoms with Crippen LogP contribution in [0, 0.1) is 0 Å². The summed E-state index contributed by atoms with van der Waals surface area (Å²) in [6.45, 7) is 2.75. The molecule has 6 nitrogen and oxygen atoms in total. The minimum Gasteiger partial charge on any atom is -0.494 e. The lowest BCUT2D eigenvalue weighted by Crippen LogP contribution is -2.30. The number of aromatic nitrogens is 2. The van der Waals surface area contributed by atoms with Gasteiger partial charge >= 0.3 is 0 Å². The first kappa shape index (κ1) is 13.1. The Kier molecular flexibility index (Phi) is 4.15. The zero-order valence-corrected chi connectivity index (χ0v) is 10.6. The molecule has 0 atom stereocenters. The van der Waals surface area contributed by atoms with Crippen molar-refractivity contribution in [2.24, 2.45) is 5.84 Å². The van der Waals surface area contributed by atoms with Gasteiger partial charge in [0.15, 0.2) is 0 Å². The lowest BCUT2D eigenvalue weighted by molar-refractivity contribution is 0.0948. The van der Waals surface area contributed by atoms with Gasteiger partial charge in [0.25, 0.3) is 5.91 Å². The Hall–Kier alpha value is -2.34. The summed E-state index contributed by atoms with van der Waals surface area (Å²) in [6, 6.07) is 9.19. The van der Waals surface area contributed by atoms with Crippen molar-refractivity contribution in [3.8, 4) is 17.0 Å². The number of H-pyrrole nitrogens is 1. The molecule has 1 aromatic carbocycles. The molecule has 0 spiro atoms. The normalized spacial score (nSPS) is 10.2. The molecule has 2 aromatic rings. The molecule has 0 radical (unpaired) electrons. The minimum absolute atomic E-state index is 0.323. The molecule has 2 rings (SSSR count). The van der Waals surface area contributed by atoms with E-state index in [1.165, 1.54) is 0 Å². The highest BCUT2D eigenvalue weighted by Crippen LogP contribution is 2.21. The number of benzene rings is 1. The number of hydrogen-bond acceptors (Lipinski definition) is 4. The molecular formula is C13H16N4O2. The second-order valence-corrected chi connectivity index (χ2v) is 4.01. The first-order chi connectivity index (χ1) is 9.24. The van der Waals surface area contributed by atoms with Crippen LogP contribution in [0.3, 0.4) is 0 Å². The maximum Gasteiger partial charge on any atom is 0.283 e. The van der Waals surface area contributed by atoms with Crippen LogP contribution in [0.5, 0.6) is 5.75 Å². The topological polar surface area (TPSA) is 93.0 Å². The summed E-state index contributed by atoms with van der Waals surface area (Å²) in [5.74, 6) is 5.47. The molecule has 1 aromatic heterocycles. The van der Waals surface area contributed by atoms with Gasteiger partial charge in [0.1, 0.15) is 11.4 Å². The summed E-state index contributed by atoms with van der Waals surface area (Å²) < 4.78 is 5.50.